The average Bonchev–Trinajstić information content (AvgIpc) is 2.60. The van der Waals surface area contributed by atoms with Crippen LogP contribution in [-0.4, -0.2) is 42.6 Å². The van der Waals surface area contributed by atoms with Gasteiger partial charge in [-0.25, -0.2) is 4.79 Å². The Morgan fingerprint density at radius 1 is 1.17 bits per heavy atom. The molecule has 30 heavy (non-hydrogen) atoms. The Labute approximate surface area is 175 Å². The van der Waals surface area contributed by atoms with E-state index in [-0.39, 0.29) is 17.0 Å². The lowest BCUT2D eigenvalue weighted by Crippen LogP contribution is -2.51. The number of hydrogen-bond donors (Lipinski definition) is 1. The number of hydrogen-bond acceptors (Lipinski definition) is 5. The van der Waals surface area contributed by atoms with Gasteiger partial charge in [0.2, 0.25) is 0 Å². The summed E-state index contributed by atoms with van der Waals surface area (Å²) in [6.45, 7) is 7.23. The molecule has 0 amide bonds. The maximum Gasteiger partial charge on any atom is 0.573 e. The van der Waals surface area contributed by atoms with E-state index in [9.17, 15) is 18.0 Å². The molecule has 9 heteroatoms. The van der Waals surface area contributed by atoms with Crippen molar-refractivity contribution in [1.82, 2.24) is 0 Å². The molecule has 1 saturated heterocycles. The van der Waals surface area contributed by atoms with Crippen LogP contribution in [0.1, 0.15) is 46.1 Å². The smallest absolute Gasteiger partial charge is 0.497 e. The van der Waals surface area contributed by atoms with Crippen molar-refractivity contribution in [2.75, 3.05) is 19.4 Å². The molecule has 3 aliphatic heterocycles. The number of nitrogens with two attached hydrogens (primary N) is 1. The number of rotatable bonds is 4. The lowest BCUT2D eigenvalue weighted by atomic mass is 9.80. The van der Waals surface area contributed by atoms with Gasteiger partial charge in [-0.1, -0.05) is 0 Å². The van der Waals surface area contributed by atoms with Crippen LogP contribution in [0.3, 0.4) is 0 Å². The average molecular weight is 446 g/mol. The van der Waals surface area contributed by atoms with Gasteiger partial charge in [-0.15, -0.1) is 13.2 Å². The normalized spacial score (nSPS) is 26.6. The van der Waals surface area contributed by atoms with E-state index >= 15 is 0 Å². The molecule has 0 aromatic heterocycles. The van der Waals surface area contributed by atoms with Crippen molar-refractivity contribution in [2.45, 2.75) is 58.0 Å². The lowest BCUT2D eigenvalue weighted by Gasteiger charge is -2.47. The van der Waals surface area contributed by atoms with E-state index in [1.165, 1.54) is 25.3 Å². The van der Waals surface area contributed by atoms with E-state index in [0.717, 1.165) is 5.31 Å². The predicted octanol–water partition coefficient (Wildman–Crippen LogP) is 5.78. The van der Waals surface area contributed by atoms with Gasteiger partial charge in [0.05, 0.1) is 30.3 Å². The highest BCUT2D eigenvalue weighted by atomic mass is 31.2. The Bertz CT molecular complexity index is 881. The van der Waals surface area contributed by atoms with Gasteiger partial charge in [-0.2, -0.15) is 0 Å². The van der Waals surface area contributed by atoms with E-state index in [1.807, 2.05) is 27.7 Å². The number of benzene rings is 1. The van der Waals surface area contributed by atoms with Gasteiger partial charge in [0.15, 0.2) is 7.26 Å². The van der Waals surface area contributed by atoms with Gasteiger partial charge in [0, 0.05) is 24.0 Å². The number of methoxy groups -OCH3 is 1. The van der Waals surface area contributed by atoms with Crippen molar-refractivity contribution >= 4 is 18.5 Å². The highest BCUT2D eigenvalue weighted by Crippen LogP contribution is 2.77. The van der Waals surface area contributed by atoms with Crippen LogP contribution < -0.4 is 15.2 Å². The minimum absolute atomic E-state index is 0.221. The largest absolute Gasteiger partial charge is 0.573 e. The third kappa shape index (κ3) is 4.17. The first-order valence-electron chi connectivity index (χ1n) is 9.76. The van der Waals surface area contributed by atoms with Crippen molar-refractivity contribution in [3.8, 4) is 11.5 Å². The highest BCUT2D eigenvalue weighted by Gasteiger charge is 2.63. The van der Waals surface area contributed by atoms with Crippen LogP contribution in [0.4, 0.5) is 18.0 Å². The molecule has 1 aromatic rings. The van der Waals surface area contributed by atoms with Crippen LogP contribution in [0.5, 0.6) is 11.5 Å². The minimum Gasteiger partial charge on any atom is -0.497 e. The summed E-state index contributed by atoms with van der Waals surface area (Å²) in [6, 6.07) is 4.14. The summed E-state index contributed by atoms with van der Waals surface area (Å²) in [5.41, 5.74) is 5.74. The maximum absolute atomic E-state index is 13.2. The second kappa shape index (κ2) is 7.41. The maximum atomic E-state index is 13.2. The van der Waals surface area contributed by atoms with Gasteiger partial charge in [-0.05, 0) is 45.9 Å². The van der Waals surface area contributed by atoms with Crippen molar-refractivity contribution in [2.24, 2.45) is 5.73 Å². The van der Waals surface area contributed by atoms with Crippen molar-refractivity contribution in [3.05, 3.63) is 29.1 Å². The summed E-state index contributed by atoms with van der Waals surface area (Å²) in [5.74, 6) is 0.0353. The standard InChI is InChI=1S/C21H28F3NO4P/c1-13-17(15-12-14(27-5)6-7-16(15)28-21(22,23)24)20(25)8-10-30(13,11-9-20)18(26)29-19(2,3)4/h6-7,12H,8-11,25H2,1-5H3/q+1. The van der Waals surface area contributed by atoms with Gasteiger partial charge < -0.3 is 19.9 Å². The van der Waals surface area contributed by atoms with Crippen LogP contribution in [0, 0.1) is 0 Å². The summed E-state index contributed by atoms with van der Waals surface area (Å²) in [7, 11) is -0.946. The van der Waals surface area contributed by atoms with Crippen molar-refractivity contribution in [3.63, 3.8) is 0 Å². The zero-order chi connectivity index (χ0) is 22.5. The number of fused-ring (bicyclic) bond motifs is 2. The third-order valence-corrected chi connectivity index (χ3v) is 10.1. The summed E-state index contributed by atoms with van der Waals surface area (Å²) in [5, 5.41) is 0.747. The molecule has 166 valence electrons. The molecule has 0 atom stereocenters. The van der Waals surface area contributed by atoms with E-state index in [2.05, 4.69) is 4.74 Å². The molecule has 0 radical (unpaired) electrons. The molecule has 0 unspecified atom stereocenters. The van der Waals surface area contributed by atoms with Crippen molar-refractivity contribution in [1.29, 1.82) is 0 Å². The monoisotopic (exact) mass is 446 g/mol. The highest BCUT2D eigenvalue weighted by molar-refractivity contribution is 7.94. The molecule has 0 spiro atoms. The molecular formula is C21H28F3NO4P+. The van der Waals surface area contributed by atoms with Gasteiger partial charge in [0.1, 0.15) is 17.1 Å². The van der Waals surface area contributed by atoms with Gasteiger partial charge in [0.25, 0.3) is 0 Å². The summed E-state index contributed by atoms with van der Waals surface area (Å²) in [4.78, 5) is 13.2. The van der Waals surface area contributed by atoms with Crippen LogP contribution >= 0.6 is 7.26 Å². The van der Waals surface area contributed by atoms with E-state index in [0.29, 0.717) is 36.5 Å². The lowest BCUT2D eigenvalue weighted by molar-refractivity contribution is -0.274. The first-order valence-corrected chi connectivity index (χ1v) is 11.9. The number of carbonyl (C=O) groups excluding carboxylic acids is 1. The molecule has 4 rings (SSSR count). The number of carbonyl (C=O) groups is 1. The fraction of sp³-hybridized carbons (Fsp3) is 0.571. The Morgan fingerprint density at radius 2 is 1.77 bits per heavy atom. The second-order valence-corrected chi connectivity index (χ2v) is 12.8. The summed E-state index contributed by atoms with van der Waals surface area (Å²) in [6.07, 6.45) is -2.63. The fourth-order valence-electron chi connectivity index (χ4n) is 4.35. The number of ether oxygens (including phenoxy) is 3. The van der Waals surface area contributed by atoms with Gasteiger partial charge in [-0.3, -0.25) is 0 Å². The molecular weight excluding hydrogens is 418 g/mol. The van der Waals surface area contributed by atoms with E-state index < -0.39 is 24.8 Å². The van der Waals surface area contributed by atoms with E-state index in [1.54, 1.807) is 0 Å². The Morgan fingerprint density at radius 3 is 2.27 bits per heavy atom. The topological polar surface area (TPSA) is 70.8 Å². The number of allylic oxidation sites excluding steroid dienone is 1. The molecule has 2 N–H and O–H groups in total. The zero-order valence-electron chi connectivity index (χ0n) is 17.9. The first-order chi connectivity index (χ1) is 13.7. The molecule has 2 bridgehead atoms. The summed E-state index contributed by atoms with van der Waals surface area (Å²) >= 11 is 0. The first kappa shape index (κ1) is 22.9. The Hall–Kier alpha value is -1.79. The molecule has 3 aliphatic rings. The fourth-order valence-corrected chi connectivity index (χ4v) is 8.67. The predicted molar refractivity (Wildman–Crippen MR) is 111 cm³/mol. The van der Waals surface area contributed by atoms with E-state index in [4.69, 9.17) is 15.2 Å². The molecule has 5 nitrogen and oxygen atoms in total. The molecule has 0 saturated carbocycles. The molecule has 3 heterocycles. The second-order valence-electron chi connectivity index (χ2n) is 8.92. The number of alkyl halides is 3. The zero-order valence-corrected chi connectivity index (χ0v) is 18.7. The summed E-state index contributed by atoms with van der Waals surface area (Å²) < 4.78 is 54.5. The molecule has 1 fully saturated rings. The van der Waals surface area contributed by atoms with Crippen LogP contribution in [-0.2, 0) is 4.74 Å². The van der Waals surface area contributed by atoms with Crippen molar-refractivity contribution < 1.29 is 32.2 Å². The Balaban J connectivity index is 2.20. The molecule has 1 aromatic carbocycles. The quantitative estimate of drug-likeness (QED) is 0.594. The Kier molecular flexibility index (Phi) is 5.66. The SMILES string of the molecule is COc1ccc(OC(F)(F)F)c(C2=C(C)[P+]3(C(=O)OC(C)(C)C)CCC2(N)CC3)c1. The number of halogens is 3. The van der Waals surface area contributed by atoms with Gasteiger partial charge >= 0.3 is 12.1 Å². The van der Waals surface area contributed by atoms with Crippen LogP contribution in [0.15, 0.2) is 23.5 Å². The van der Waals surface area contributed by atoms with Crippen LogP contribution in [0.25, 0.3) is 5.57 Å². The third-order valence-electron chi connectivity index (χ3n) is 5.81. The van der Waals surface area contributed by atoms with Crippen LogP contribution in [0.2, 0.25) is 0 Å². The minimum atomic E-state index is -4.86. The molecule has 0 aliphatic carbocycles.